The van der Waals surface area contributed by atoms with Crippen LogP contribution < -0.4 is 4.90 Å². The third-order valence-electron chi connectivity index (χ3n) is 3.32. The largest absolute Gasteiger partial charge is 0.329 e. The molecule has 0 saturated heterocycles. The van der Waals surface area contributed by atoms with Gasteiger partial charge in [-0.3, -0.25) is 4.90 Å². The number of carbonyl (C=O) groups excluding carboxylic acids is 1. The number of hydrogen-bond acceptors (Lipinski definition) is 1. The number of rotatable bonds is 4. The lowest BCUT2D eigenvalue weighted by atomic mass is 10.2. The Kier molecular flexibility index (Phi) is 5.23. The second-order valence-electron chi connectivity index (χ2n) is 4.60. The van der Waals surface area contributed by atoms with E-state index < -0.39 is 0 Å². The highest BCUT2D eigenvalue weighted by Gasteiger charge is 2.21. The second-order valence-corrected chi connectivity index (χ2v) is 5.04. The van der Waals surface area contributed by atoms with Crippen LogP contribution in [0.2, 0.25) is 5.02 Å². The van der Waals surface area contributed by atoms with Crippen molar-refractivity contribution in [2.24, 2.45) is 0 Å². The monoisotopic (exact) mass is 302 g/mol. The highest BCUT2D eigenvalue weighted by atomic mass is 35.5. The number of anilines is 2. The van der Waals surface area contributed by atoms with E-state index in [1.165, 1.54) is 0 Å². The minimum absolute atomic E-state index is 0.0338. The Hall–Kier alpha value is -2.00. The Morgan fingerprint density at radius 1 is 0.905 bits per heavy atom. The molecular formula is C17H19ClN2O. The number of urea groups is 1. The molecule has 0 heterocycles. The Morgan fingerprint density at radius 3 is 1.95 bits per heavy atom. The summed E-state index contributed by atoms with van der Waals surface area (Å²) in [5, 5.41) is 0.655. The van der Waals surface area contributed by atoms with Gasteiger partial charge in [-0.15, -0.1) is 0 Å². The van der Waals surface area contributed by atoms with E-state index in [4.69, 9.17) is 11.6 Å². The van der Waals surface area contributed by atoms with Crippen molar-refractivity contribution in [1.82, 2.24) is 4.90 Å². The first-order chi connectivity index (χ1) is 10.2. The molecule has 2 rings (SSSR count). The smallest absolute Gasteiger partial charge is 0.325 e. The summed E-state index contributed by atoms with van der Waals surface area (Å²) in [5.41, 5.74) is 1.65. The summed E-state index contributed by atoms with van der Waals surface area (Å²) < 4.78 is 0. The van der Waals surface area contributed by atoms with Crippen LogP contribution in [0.4, 0.5) is 16.2 Å². The molecule has 0 aromatic heterocycles. The summed E-state index contributed by atoms with van der Waals surface area (Å²) >= 11 is 5.95. The Morgan fingerprint density at radius 2 is 1.43 bits per heavy atom. The molecule has 4 heteroatoms. The van der Waals surface area contributed by atoms with Gasteiger partial charge in [0.2, 0.25) is 0 Å². The predicted molar refractivity (Wildman–Crippen MR) is 88.4 cm³/mol. The Labute approximate surface area is 130 Å². The van der Waals surface area contributed by atoms with Crippen molar-refractivity contribution in [3.8, 4) is 0 Å². The molecule has 0 spiro atoms. The van der Waals surface area contributed by atoms with Gasteiger partial charge in [0.25, 0.3) is 0 Å². The van der Waals surface area contributed by atoms with E-state index in [1.807, 2.05) is 56.3 Å². The van der Waals surface area contributed by atoms with Gasteiger partial charge in [0.15, 0.2) is 0 Å². The first kappa shape index (κ1) is 15.4. The predicted octanol–water partition coefficient (Wildman–Crippen LogP) is 4.94. The number of amides is 2. The highest BCUT2D eigenvalue weighted by Crippen LogP contribution is 2.27. The van der Waals surface area contributed by atoms with Crippen molar-refractivity contribution in [2.45, 2.75) is 13.8 Å². The molecule has 0 radical (unpaired) electrons. The van der Waals surface area contributed by atoms with E-state index >= 15 is 0 Å². The van der Waals surface area contributed by atoms with Gasteiger partial charge >= 0.3 is 6.03 Å². The topological polar surface area (TPSA) is 23.6 Å². The Balaban J connectivity index is 2.44. The average molecular weight is 303 g/mol. The fourth-order valence-electron chi connectivity index (χ4n) is 2.17. The summed E-state index contributed by atoms with van der Waals surface area (Å²) in [4.78, 5) is 16.3. The van der Waals surface area contributed by atoms with Crippen LogP contribution in [0.5, 0.6) is 0 Å². The molecule has 21 heavy (non-hydrogen) atoms. The fraction of sp³-hybridized carbons (Fsp3) is 0.235. The molecule has 3 nitrogen and oxygen atoms in total. The van der Waals surface area contributed by atoms with Crippen LogP contribution >= 0.6 is 11.6 Å². The SMILES string of the molecule is CCN(CC)C(=O)N(c1ccccc1)c1ccc(Cl)cc1. The van der Waals surface area contributed by atoms with Gasteiger partial charge < -0.3 is 4.90 Å². The minimum Gasteiger partial charge on any atom is -0.325 e. The molecule has 0 saturated carbocycles. The number of para-hydroxylation sites is 1. The van der Waals surface area contributed by atoms with Crippen LogP contribution in [-0.4, -0.2) is 24.0 Å². The highest BCUT2D eigenvalue weighted by molar-refractivity contribution is 6.30. The number of halogens is 1. The summed E-state index contributed by atoms with van der Waals surface area (Å²) in [6.07, 6.45) is 0. The third kappa shape index (κ3) is 3.56. The molecule has 0 unspecified atom stereocenters. The molecule has 110 valence electrons. The molecule has 0 aliphatic heterocycles. The Bertz CT molecular complexity index is 579. The van der Waals surface area contributed by atoms with E-state index in [-0.39, 0.29) is 6.03 Å². The molecule has 0 fully saturated rings. The maximum atomic E-state index is 12.8. The number of nitrogens with zero attached hydrogens (tertiary/aromatic N) is 2. The van der Waals surface area contributed by atoms with E-state index in [2.05, 4.69) is 0 Å². The third-order valence-corrected chi connectivity index (χ3v) is 3.58. The molecule has 0 aliphatic carbocycles. The summed E-state index contributed by atoms with van der Waals surface area (Å²) in [6, 6.07) is 16.9. The molecule has 0 aliphatic rings. The molecule has 0 N–H and O–H groups in total. The van der Waals surface area contributed by atoms with Crippen molar-refractivity contribution in [3.05, 3.63) is 59.6 Å². The standard InChI is InChI=1S/C17H19ClN2O/c1-3-19(4-2)17(21)20(15-8-6-5-7-9-15)16-12-10-14(18)11-13-16/h5-13H,3-4H2,1-2H3. The lowest BCUT2D eigenvalue weighted by Gasteiger charge is -2.29. The van der Waals surface area contributed by atoms with E-state index in [0.29, 0.717) is 18.1 Å². The molecular weight excluding hydrogens is 284 g/mol. The lowest BCUT2D eigenvalue weighted by molar-refractivity contribution is 0.212. The van der Waals surface area contributed by atoms with Gasteiger partial charge in [-0.1, -0.05) is 29.8 Å². The molecule has 0 bridgehead atoms. The quantitative estimate of drug-likeness (QED) is 0.784. The summed E-state index contributed by atoms with van der Waals surface area (Å²) in [6.45, 7) is 5.30. The molecule has 2 amide bonds. The van der Waals surface area contributed by atoms with Gasteiger partial charge in [0.1, 0.15) is 0 Å². The van der Waals surface area contributed by atoms with Crippen LogP contribution in [0.25, 0.3) is 0 Å². The normalized spacial score (nSPS) is 10.2. The maximum Gasteiger partial charge on any atom is 0.329 e. The minimum atomic E-state index is -0.0338. The number of benzene rings is 2. The first-order valence-corrected chi connectivity index (χ1v) is 7.44. The molecule has 2 aromatic rings. The zero-order valence-electron chi connectivity index (χ0n) is 12.3. The first-order valence-electron chi connectivity index (χ1n) is 7.07. The molecule has 2 aromatic carbocycles. The number of carbonyl (C=O) groups is 1. The van der Waals surface area contributed by atoms with E-state index in [1.54, 1.807) is 21.9 Å². The number of hydrogen-bond donors (Lipinski definition) is 0. The molecule has 0 atom stereocenters. The van der Waals surface area contributed by atoms with Crippen molar-refractivity contribution < 1.29 is 4.79 Å². The maximum absolute atomic E-state index is 12.8. The van der Waals surface area contributed by atoms with Crippen LogP contribution in [-0.2, 0) is 0 Å². The van der Waals surface area contributed by atoms with Gasteiger partial charge in [0, 0.05) is 18.1 Å². The van der Waals surface area contributed by atoms with Crippen LogP contribution in [0, 0.1) is 0 Å². The van der Waals surface area contributed by atoms with Gasteiger partial charge in [-0.25, -0.2) is 4.79 Å². The van der Waals surface area contributed by atoms with Crippen molar-refractivity contribution >= 4 is 29.0 Å². The average Bonchev–Trinajstić information content (AvgIpc) is 2.52. The van der Waals surface area contributed by atoms with Crippen molar-refractivity contribution in [2.75, 3.05) is 18.0 Å². The van der Waals surface area contributed by atoms with Gasteiger partial charge in [0.05, 0.1) is 11.4 Å². The van der Waals surface area contributed by atoms with Gasteiger partial charge in [-0.05, 0) is 50.2 Å². The summed E-state index contributed by atoms with van der Waals surface area (Å²) in [7, 11) is 0. The van der Waals surface area contributed by atoms with Crippen molar-refractivity contribution in [3.63, 3.8) is 0 Å². The second kappa shape index (κ2) is 7.14. The van der Waals surface area contributed by atoms with Crippen molar-refractivity contribution in [1.29, 1.82) is 0 Å². The van der Waals surface area contributed by atoms with Crippen LogP contribution in [0.1, 0.15) is 13.8 Å². The zero-order chi connectivity index (χ0) is 15.2. The zero-order valence-corrected chi connectivity index (χ0v) is 13.0. The lowest BCUT2D eigenvalue weighted by Crippen LogP contribution is -2.40. The fourth-order valence-corrected chi connectivity index (χ4v) is 2.30. The van der Waals surface area contributed by atoms with E-state index in [0.717, 1.165) is 11.4 Å². The van der Waals surface area contributed by atoms with Gasteiger partial charge in [-0.2, -0.15) is 0 Å². The summed E-state index contributed by atoms with van der Waals surface area (Å²) in [5.74, 6) is 0. The van der Waals surface area contributed by atoms with E-state index in [9.17, 15) is 4.79 Å². The van der Waals surface area contributed by atoms with Crippen LogP contribution in [0.3, 0.4) is 0 Å². The van der Waals surface area contributed by atoms with Crippen LogP contribution in [0.15, 0.2) is 54.6 Å².